The number of rotatable bonds is 6. The molecule has 1 saturated heterocycles. The van der Waals surface area contributed by atoms with E-state index in [4.69, 9.17) is 9.47 Å². The van der Waals surface area contributed by atoms with Gasteiger partial charge in [-0.05, 0) is 6.07 Å². The quantitative estimate of drug-likeness (QED) is 0.746. The Balaban J connectivity index is 1.51. The van der Waals surface area contributed by atoms with Crippen LogP contribution >= 0.6 is 0 Å². The van der Waals surface area contributed by atoms with E-state index in [9.17, 15) is 9.90 Å². The van der Waals surface area contributed by atoms with Gasteiger partial charge in [0.1, 0.15) is 17.3 Å². The van der Waals surface area contributed by atoms with Gasteiger partial charge in [-0.15, -0.1) is 10.2 Å². The number of benzene rings is 1. The Hall–Kier alpha value is -2.65. The smallest absolute Gasteiger partial charge is 0.225 e. The van der Waals surface area contributed by atoms with Gasteiger partial charge in [-0.2, -0.15) is 0 Å². The summed E-state index contributed by atoms with van der Waals surface area (Å²) in [6.07, 6.45) is -0.0214. The summed E-state index contributed by atoms with van der Waals surface area (Å²) >= 11 is 0. The lowest BCUT2D eigenvalue weighted by atomic mass is 10.1. The van der Waals surface area contributed by atoms with E-state index < -0.39 is 6.10 Å². The first-order valence-corrected chi connectivity index (χ1v) is 10.7. The van der Waals surface area contributed by atoms with Crippen LogP contribution in [0.2, 0.25) is 0 Å². The van der Waals surface area contributed by atoms with Crippen LogP contribution in [-0.4, -0.2) is 69.0 Å². The third-order valence-corrected chi connectivity index (χ3v) is 6.10. The van der Waals surface area contributed by atoms with Gasteiger partial charge < -0.3 is 24.0 Å². The fourth-order valence-corrected chi connectivity index (χ4v) is 4.47. The highest BCUT2D eigenvalue weighted by Gasteiger charge is 2.39. The molecule has 1 N–H and O–H groups in total. The van der Waals surface area contributed by atoms with Crippen molar-refractivity contribution >= 4 is 5.91 Å². The highest BCUT2D eigenvalue weighted by atomic mass is 16.5. The molecule has 9 heteroatoms. The topological polar surface area (TPSA) is 93.0 Å². The molecule has 2 aromatic rings. The maximum absolute atomic E-state index is 12.7. The highest BCUT2D eigenvalue weighted by Crippen LogP contribution is 2.34. The van der Waals surface area contributed by atoms with Gasteiger partial charge in [0.15, 0.2) is 5.82 Å². The molecule has 168 valence electrons. The van der Waals surface area contributed by atoms with Crippen LogP contribution in [0.5, 0.6) is 11.5 Å². The predicted octanol–water partition coefficient (Wildman–Crippen LogP) is 1.60. The largest absolute Gasteiger partial charge is 0.497 e. The Morgan fingerprint density at radius 1 is 1.23 bits per heavy atom. The molecule has 0 spiro atoms. The summed E-state index contributed by atoms with van der Waals surface area (Å²) < 4.78 is 12.9. The minimum absolute atomic E-state index is 0.0444. The Bertz CT molecular complexity index is 944. The Morgan fingerprint density at radius 3 is 2.74 bits per heavy atom. The minimum Gasteiger partial charge on any atom is -0.497 e. The van der Waals surface area contributed by atoms with Crippen molar-refractivity contribution in [2.75, 3.05) is 27.3 Å². The normalized spacial score (nSPS) is 21.4. The fourth-order valence-electron chi connectivity index (χ4n) is 4.47. The second-order valence-corrected chi connectivity index (χ2v) is 8.57. The van der Waals surface area contributed by atoms with Crippen LogP contribution in [0.1, 0.15) is 43.5 Å². The van der Waals surface area contributed by atoms with Crippen molar-refractivity contribution in [3.63, 3.8) is 0 Å². The van der Waals surface area contributed by atoms with Crippen molar-refractivity contribution in [3.8, 4) is 11.5 Å². The van der Waals surface area contributed by atoms with Crippen LogP contribution in [0.15, 0.2) is 18.2 Å². The van der Waals surface area contributed by atoms with Gasteiger partial charge in [-0.3, -0.25) is 9.69 Å². The second kappa shape index (κ2) is 8.84. The lowest BCUT2D eigenvalue weighted by Crippen LogP contribution is -2.38. The van der Waals surface area contributed by atoms with Crippen molar-refractivity contribution in [1.29, 1.82) is 0 Å². The molecule has 2 aliphatic rings. The standard InChI is InChI=1S/C22H31N5O4/c1-14(2)22(29)27-12-16(28)9-18(27)21-24-23-20-13-25(7-8-26(20)21)11-15-5-6-17(30-3)10-19(15)31-4/h5-6,10,14,16,18,28H,7-9,11-13H2,1-4H3/t16-,18+/m1/s1. The zero-order valence-electron chi connectivity index (χ0n) is 18.6. The number of aliphatic hydroxyl groups is 1. The minimum atomic E-state index is -0.525. The Morgan fingerprint density at radius 2 is 2.03 bits per heavy atom. The number of carbonyl (C=O) groups is 1. The number of nitrogens with zero attached hydrogens (tertiary/aromatic N) is 5. The van der Waals surface area contributed by atoms with Gasteiger partial charge in [0.25, 0.3) is 0 Å². The van der Waals surface area contributed by atoms with E-state index in [0.29, 0.717) is 19.5 Å². The number of hydrogen-bond acceptors (Lipinski definition) is 7. The van der Waals surface area contributed by atoms with Gasteiger partial charge in [-0.25, -0.2) is 0 Å². The number of aromatic nitrogens is 3. The Kier molecular flexibility index (Phi) is 6.15. The summed E-state index contributed by atoms with van der Waals surface area (Å²) in [7, 11) is 3.31. The molecule has 2 aliphatic heterocycles. The van der Waals surface area contributed by atoms with E-state index >= 15 is 0 Å². The van der Waals surface area contributed by atoms with Gasteiger partial charge >= 0.3 is 0 Å². The number of amides is 1. The molecule has 3 heterocycles. The van der Waals surface area contributed by atoms with Gasteiger partial charge in [-0.1, -0.05) is 19.9 Å². The molecule has 4 rings (SSSR count). The molecule has 9 nitrogen and oxygen atoms in total. The van der Waals surface area contributed by atoms with Gasteiger partial charge in [0, 0.05) is 50.1 Å². The molecule has 0 bridgehead atoms. The third-order valence-electron chi connectivity index (χ3n) is 6.10. The monoisotopic (exact) mass is 429 g/mol. The van der Waals surface area contributed by atoms with E-state index in [-0.39, 0.29) is 17.9 Å². The number of methoxy groups -OCH3 is 2. The first-order valence-electron chi connectivity index (χ1n) is 10.7. The van der Waals surface area contributed by atoms with Crippen molar-refractivity contribution in [2.45, 2.75) is 52.0 Å². The molecule has 2 atom stereocenters. The van der Waals surface area contributed by atoms with Crippen molar-refractivity contribution < 1.29 is 19.4 Å². The molecule has 1 amide bonds. The average molecular weight is 430 g/mol. The van der Waals surface area contributed by atoms with Gasteiger partial charge in [0.2, 0.25) is 5.91 Å². The lowest BCUT2D eigenvalue weighted by molar-refractivity contribution is -0.135. The zero-order chi connectivity index (χ0) is 22.1. The number of β-amino-alcohol motifs (C(OH)–C–C–N with tert-alkyl or cyclic N) is 1. The lowest BCUT2D eigenvalue weighted by Gasteiger charge is -2.30. The molecule has 1 fully saturated rings. The van der Waals surface area contributed by atoms with Crippen LogP contribution in [0.4, 0.5) is 0 Å². The molecular formula is C22H31N5O4. The van der Waals surface area contributed by atoms with E-state index in [1.165, 1.54) is 0 Å². The van der Waals surface area contributed by atoms with Crippen LogP contribution in [0.25, 0.3) is 0 Å². The van der Waals surface area contributed by atoms with Crippen LogP contribution in [-0.2, 0) is 24.4 Å². The summed E-state index contributed by atoms with van der Waals surface area (Å²) in [4.78, 5) is 16.7. The number of hydrogen-bond donors (Lipinski definition) is 1. The number of likely N-dealkylation sites (tertiary alicyclic amines) is 1. The SMILES string of the molecule is COc1ccc(CN2CCn3c(nnc3[C@@H]3C[C@@H](O)CN3C(=O)C(C)C)C2)c(OC)c1. The first-order chi connectivity index (χ1) is 14.9. The summed E-state index contributed by atoms with van der Waals surface area (Å²) in [5, 5.41) is 19.1. The van der Waals surface area contributed by atoms with E-state index in [1.807, 2.05) is 32.0 Å². The van der Waals surface area contributed by atoms with Gasteiger partial charge in [0.05, 0.1) is 32.9 Å². The molecule has 0 unspecified atom stereocenters. The van der Waals surface area contributed by atoms with Crippen LogP contribution < -0.4 is 9.47 Å². The second-order valence-electron chi connectivity index (χ2n) is 8.57. The maximum atomic E-state index is 12.7. The molecular weight excluding hydrogens is 398 g/mol. The molecule has 0 saturated carbocycles. The molecule has 0 aliphatic carbocycles. The predicted molar refractivity (Wildman–Crippen MR) is 114 cm³/mol. The summed E-state index contributed by atoms with van der Waals surface area (Å²) in [6, 6.07) is 5.64. The highest BCUT2D eigenvalue weighted by molar-refractivity contribution is 5.78. The summed E-state index contributed by atoms with van der Waals surface area (Å²) in [5.74, 6) is 3.15. The number of fused-ring (bicyclic) bond motifs is 1. The number of carbonyl (C=O) groups excluding carboxylic acids is 1. The third kappa shape index (κ3) is 4.24. The summed E-state index contributed by atoms with van der Waals surface area (Å²) in [5.41, 5.74) is 1.09. The Labute approximate surface area is 182 Å². The van der Waals surface area contributed by atoms with Crippen molar-refractivity contribution in [2.24, 2.45) is 5.92 Å². The fraction of sp³-hybridized carbons (Fsp3) is 0.591. The van der Waals surface area contributed by atoms with Crippen molar-refractivity contribution in [3.05, 3.63) is 35.4 Å². The van der Waals surface area contributed by atoms with E-state index in [1.54, 1.807) is 19.1 Å². The van der Waals surface area contributed by atoms with E-state index in [0.717, 1.165) is 48.3 Å². The number of aliphatic hydroxyl groups excluding tert-OH is 1. The maximum Gasteiger partial charge on any atom is 0.225 e. The molecule has 1 aromatic carbocycles. The number of ether oxygens (including phenoxy) is 2. The summed E-state index contributed by atoms with van der Waals surface area (Å²) in [6.45, 7) is 7.09. The molecule has 31 heavy (non-hydrogen) atoms. The average Bonchev–Trinajstić information content (AvgIpc) is 3.36. The van der Waals surface area contributed by atoms with Crippen LogP contribution in [0, 0.1) is 5.92 Å². The zero-order valence-corrected chi connectivity index (χ0v) is 18.6. The molecule has 1 aromatic heterocycles. The van der Waals surface area contributed by atoms with Crippen LogP contribution in [0.3, 0.4) is 0 Å². The first kappa shape index (κ1) is 21.6. The van der Waals surface area contributed by atoms with Crippen molar-refractivity contribution in [1.82, 2.24) is 24.6 Å². The van der Waals surface area contributed by atoms with E-state index in [2.05, 4.69) is 19.7 Å². The molecule has 0 radical (unpaired) electrons.